The fourth-order valence-corrected chi connectivity index (χ4v) is 4.42. The molecule has 162 valence electrons. The summed E-state index contributed by atoms with van der Waals surface area (Å²) in [5.41, 5.74) is 4.40. The van der Waals surface area contributed by atoms with Crippen LogP contribution in [-0.4, -0.2) is 29.4 Å². The standard InChI is InChI=1S/C25H22N2O4S/c1-31-21-12-7-16(14-22-24(29)27-25(30)32-22)13-20(21)15-26-23(28)19-10-8-18(9-11-19)17-5-3-2-4-6-17/h2-13,22H,14-15H2,1H3,(H,26,28)(H,27,29,30). The van der Waals surface area contributed by atoms with Gasteiger partial charge in [-0.15, -0.1) is 0 Å². The molecule has 0 spiro atoms. The van der Waals surface area contributed by atoms with E-state index < -0.39 is 5.25 Å². The SMILES string of the molecule is COc1ccc(CC2SC(=O)NC2=O)cc1CNC(=O)c1ccc(-c2ccccc2)cc1. The van der Waals surface area contributed by atoms with E-state index in [1.165, 1.54) is 0 Å². The van der Waals surface area contributed by atoms with Crippen molar-refractivity contribution < 1.29 is 19.1 Å². The van der Waals surface area contributed by atoms with Crippen molar-refractivity contribution in [2.45, 2.75) is 18.2 Å². The number of imide groups is 1. The first-order valence-corrected chi connectivity index (χ1v) is 11.0. The van der Waals surface area contributed by atoms with Crippen molar-refractivity contribution in [1.29, 1.82) is 0 Å². The third kappa shape index (κ3) is 5.00. The molecule has 0 bridgehead atoms. The number of nitrogens with one attached hydrogen (secondary N) is 2. The molecule has 1 fully saturated rings. The topological polar surface area (TPSA) is 84.5 Å². The summed E-state index contributed by atoms with van der Waals surface area (Å²) in [4.78, 5) is 35.9. The first-order chi connectivity index (χ1) is 15.5. The van der Waals surface area contributed by atoms with Crippen LogP contribution in [0.25, 0.3) is 11.1 Å². The molecule has 1 saturated heterocycles. The number of ether oxygens (including phenoxy) is 1. The Hall–Kier alpha value is -3.58. The number of carbonyl (C=O) groups is 3. The number of thioether (sulfide) groups is 1. The van der Waals surface area contributed by atoms with Gasteiger partial charge in [0.05, 0.1) is 12.4 Å². The van der Waals surface area contributed by atoms with Gasteiger partial charge in [-0.2, -0.15) is 0 Å². The molecule has 32 heavy (non-hydrogen) atoms. The van der Waals surface area contributed by atoms with E-state index in [9.17, 15) is 14.4 Å². The molecule has 2 N–H and O–H groups in total. The second-order valence-corrected chi connectivity index (χ2v) is 8.54. The Morgan fingerprint density at radius 2 is 1.72 bits per heavy atom. The lowest BCUT2D eigenvalue weighted by molar-refractivity contribution is -0.118. The zero-order valence-electron chi connectivity index (χ0n) is 17.5. The molecular weight excluding hydrogens is 424 g/mol. The van der Waals surface area contributed by atoms with E-state index in [2.05, 4.69) is 10.6 Å². The summed E-state index contributed by atoms with van der Waals surface area (Å²) < 4.78 is 5.42. The summed E-state index contributed by atoms with van der Waals surface area (Å²) in [5.74, 6) is 0.186. The maximum Gasteiger partial charge on any atom is 0.286 e. The van der Waals surface area contributed by atoms with E-state index in [0.29, 0.717) is 17.7 Å². The number of hydrogen-bond donors (Lipinski definition) is 2. The second-order valence-electron chi connectivity index (χ2n) is 7.36. The third-order valence-corrected chi connectivity index (χ3v) is 6.21. The van der Waals surface area contributed by atoms with Crippen LogP contribution in [0.1, 0.15) is 21.5 Å². The number of rotatable bonds is 7. The number of carbonyl (C=O) groups excluding carboxylic acids is 3. The lowest BCUT2D eigenvalue weighted by atomic mass is 10.0. The van der Waals surface area contributed by atoms with Crippen LogP contribution >= 0.6 is 11.8 Å². The summed E-state index contributed by atoms with van der Waals surface area (Å²) in [7, 11) is 1.57. The Bertz CT molecular complexity index is 1150. The fraction of sp³-hybridized carbons (Fsp3) is 0.160. The van der Waals surface area contributed by atoms with Gasteiger partial charge in [-0.1, -0.05) is 66.4 Å². The molecule has 7 heteroatoms. The van der Waals surface area contributed by atoms with Gasteiger partial charge in [0.15, 0.2) is 0 Å². The van der Waals surface area contributed by atoms with Gasteiger partial charge in [0.1, 0.15) is 5.75 Å². The van der Waals surface area contributed by atoms with Gasteiger partial charge in [0.2, 0.25) is 5.91 Å². The fourth-order valence-electron chi connectivity index (χ4n) is 3.56. The average molecular weight is 447 g/mol. The predicted molar refractivity (Wildman–Crippen MR) is 125 cm³/mol. The molecular formula is C25H22N2O4S. The van der Waals surface area contributed by atoms with E-state index >= 15 is 0 Å². The van der Waals surface area contributed by atoms with Crippen LogP contribution in [0.3, 0.4) is 0 Å². The Balaban J connectivity index is 1.42. The summed E-state index contributed by atoms with van der Waals surface area (Å²) >= 11 is 0.999. The van der Waals surface area contributed by atoms with Crippen LogP contribution in [0.4, 0.5) is 4.79 Å². The van der Waals surface area contributed by atoms with Gasteiger partial charge in [-0.05, 0) is 41.3 Å². The van der Waals surface area contributed by atoms with Crippen LogP contribution < -0.4 is 15.4 Å². The highest BCUT2D eigenvalue weighted by atomic mass is 32.2. The molecule has 3 amide bonds. The molecule has 1 atom stereocenters. The van der Waals surface area contributed by atoms with Crippen molar-refractivity contribution in [3.05, 3.63) is 89.5 Å². The second kappa shape index (κ2) is 9.70. The Labute approximate surface area is 190 Å². The van der Waals surface area contributed by atoms with Crippen molar-refractivity contribution >= 4 is 28.8 Å². The molecule has 0 saturated carbocycles. The van der Waals surface area contributed by atoms with Gasteiger partial charge in [0, 0.05) is 17.7 Å². The van der Waals surface area contributed by atoms with Crippen LogP contribution in [0.2, 0.25) is 0 Å². The summed E-state index contributed by atoms with van der Waals surface area (Å²) in [5, 5.41) is 4.47. The predicted octanol–water partition coefficient (Wildman–Crippen LogP) is 4.19. The number of benzene rings is 3. The molecule has 4 rings (SSSR count). The molecule has 3 aromatic carbocycles. The maximum absolute atomic E-state index is 12.7. The van der Waals surface area contributed by atoms with E-state index in [1.807, 2.05) is 60.7 Å². The first kappa shape index (κ1) is 21.6. The quantitative estimate of drug-likeness (QED) is 0.569. The molecule has 0 radical (unpaired) electrons. The largest absolute Gasteiger partial charge is 0.496 e. The maximum atomic E-state index is 12.7. The van der Waals surface area contributed by atoms with E-state index in [0.717, 1.165) is 34.0 Å². The molecule has 0 aromatic heterocycles. The normalized spacial score (nSPS) is 15.3. The zero-order chi connectivity index (χ0) is 22.5. The van der Waals surface area contributed by atoms with E-state index in [1.54, 1.807) is 19.2 Å². The smallest absolute Gasteiger partial charge is 0.286 e. The van der Waals surface area contributed by atoms with Crippen molar-refractivity contribution in [2.75, 3.05) is 7.11 Å². The molecule has 6 nitrogen and oxygen atoms in total. The molecule has 1 unspecified atom stereocenters. The summed E-state index contributed by atoms with van der Waals surface area (Å²) in [6, 6.07) is 23.0. The molecule has 0 aliphatic carbocycles. The molecule has 1 heterocycles. The van der Waals surface area contributed by atoms with Gasteiger partial charge >= 0.3 is 0 Å². The van der Waals surface area contributed by atoms with Crippen molar-refractivity contribution in [3.63, 3.8) is 0 Å². The third-order valence-electron chi connectivity index (χ3n) is 5.23. The number of hydrogen-bond acceptors (Lipinski definition) is 5. The van der Waals surface area contributed by atoms with E-state index in [4.69, 9.17) is 4.74 Å². The number of methoxy groups -OCH3 is 1. The highest BCUT2D eigenvalue weighted by molar-refractivity contribution is 8.15. The van der Waals surface area contributed by atoms with E-state index in [-0.39, 0.29) is 23.6 Å². The summed E-state index contributed by atoms with van der Waals surface area (Å²) in [6.07, 6.45) is 0.425. The Kier molecular flexibility index (Phi) is 6.56. The first-order valence-electron chi connectivity index (χ1n) is 10.1. The molecule has 1 aliphatic rings. The van der Waals surface area contributed by atoms with Gasteiger partial charge in [0.25, 0.3) is 11.1 Å². The summed E-state index contributed by atoms with van der Waals surface area (Å²) in [6.45, 7) is 0.277. The van der Waals surface area contributed by atoms with Crippen LogP contribution in [0, 0.1) is 0 Å². The zero-order valence-corrected chi connectivity index (χ0v) is 18.3. The van der Waals surface area contributed by atoms with Crippen LogP contribution in [0.15, 0.2) is 72.8 Å². The minimum absolute atomic E-state index is 0.187. The Morgan fingerprint density at radius 1 is 1.00 bits per heavy atom. The van der Waals surface area contributed by atoms with Gasteiger partial charge in [-0.3, -0.25) is 19.7 Å². The average Bonchev–Trinajstić information content (AvgIpc) is 3.14. The minimum atomic E-state index is -0.443. The molecule has 3 aromatic rings. The Morgan fingerprint density at radius 3 is 2.38 bits per heavy atom. The highest BCUT2D eigenvalue weighted by Crippen LogP contribution is 2.26. The monoisotopic (exact) mass is 446 g/mol. The van der Waals surface area contributed by atoms with Gasteiger partial charge in [-0.25, -0.2) is 0 Å². The highest BCUT2D eigenvalue weighted by Gasteiger charge is 2.31. The van der Waals surface area contributed by atoms with Crippen LogP contribution in [0.5, 0.6) is 5.75 Å². The lowest BCUT2D eigenvalue weighted by Gasteiger charge is -2.13. The lowest BCUT2D eigenvalue weighted by Crippen LogP contribution is -2.25. The van der Waals surface area contributed by atoms with Crippen molar-refractivity contribution in [2.24, 2.45) is 0 Å². The minimum Gasteiger partial charge on any atom is -0.496 e. The van der Waals surface area contributed by atoms with Crippen LogP contribution in [-0.2, 0) is 17.8 Å². The van der Waals surface area contributed by atoms with Gasteiger partial charge < -0.3 is 10.1 Å². The van der Waals surface area contributed by atoms with Crippen molar-refractivity contribution in [3.8, 4) is 16.9 Å². The van der Waals surface area contributed by atoms with Crippen molar-refractivity contribution in [1.82, 2.24) is 10.6 Å². The molecule has 1 aliphatic heterocycles. The number of amides is 3.